The highest BCUT2D eigenvalue weighted by Crippen LogP contribution is 2.33. The van der Waals surface area contributed by atoms with Crippen LogP contribution < -0.4 is 10.6 Å². The van der Waals surface area contributed by atoms with Gasteiger partial charge in [0.05, 0.1) is 5.56 Å². The zero-order valence-electron chi connectivity index (χ0n) is 12.5. The van der Waals surface area contributed by atoms with Gasteiger partial charge in [-0.15, -0.1) is 0 Å². The molecule has 1 fully saturated rings. The molecule has 6 nitrogen and oxygen atoms in total. The van der Waals surface area contributed by atoms with Gasteiger partial charge in [0.1, 0.15) is 5.82 Å². The molecule has 0 atom stereocenters. The van der Waals surface area contributed by atoms with Crippen molar-refractivity contribution in [1.82, 2.24) is 15.2 Å². The van der Waals surface area contributed by atoms with E-state index in [2.05, 4.69) is 15.6 Å². The predicted molar refractivity (Wildman–Crippen MR) is 76.7 cm³/mol. The van der Waals surface area contributed by atoms with Crippen LogP contribution in [0.4, 0.5) is 23.8 Å². The number of aromatic nitrogens is 1. The Balaban J connectivity index is 1.93. The topological polar surface area (TPSA) is 74.3 Å². The molecule has 1 aromatic heterocycles. The Morgan fingerprint density at radius 2 is 1.96 bits per heavy atom. The molecular formula is C14H17F3N4O2. The summed E-state index contributed by atoms with van der Waals surface area (Å²) >= 11 is 0. The first-order valence-electron chi connectivity index (χ1n) is 7.12. The molecule has 2 rings (SSSR count). The van der Waals surface area contributed by atoms with E-state index in [-0.39, 0.29) is 11.9 Å². The van der Waals surface area contributed by atoms with Crippen LogP contribution in [0.1, 0.15) is 25.3 Å². The average Bonchev–Trinajstić information content (AvgIpc) is 2.47. The number of pyridine rings is 1. The van der Waals surface area contributed by atoms with Crippen molar-refractivity contribution in [3.8, 4) is 0 Å². The van der Waals surface area contributed by atoms with Gasteiger partial charge in [-0.2, -0.15) is 13.2 Å². The van der Waals surface area contributed by atoms with E-state index in [0.29, 0.717) is 25.9 Å². The Kier molecular flexibility index (Phi) is 5.07. The second kappa shape index (κ2) is 6.84. The summed E-state index contributed by atoms with van der Waals surface area (Å²) < 4.78 is 38.5. The second-order valence-electron chi connectivity index (χ2n) is 5.28. The number of nitrogens with one attached hydrogen (secondary N) is 2. The molecule has 0 spiro atoms. The van der Waals surface area contributed by atoms with Crippen molar-refractivity contribution in [3.63, 3.8) is 0 Å². The number of carbonyl (C=O) groups is 2. The molecule has 0 radical (unpaired) electrons. The molecule has 1 aromatic rings. The number of hydrogen-bond donors (Lipinski definition) is 2. The summed E-state index contributed by atoms with van der Waals surface area (Å²) in [6.45, 7) is 2.50. The van der Waals surface area contributed by atoms with E-state index < -0.39 is 23.6 Å². The van der Waals surface area contributed by atoms with Gasteiger partial charge in [0.15, 0.2) is 0 Å². The van der Waals surface area contributed by atoms with E-state index in [1.54, 1.807) is 4.90 Å². The van der Waals surface area contributed by atoms with E-state index in [1.165, 1.54) is 13.1 Å². The third-order valence-electron chi connectivity index (χ3n) is 3.62. The van der Waals surface area contributed by atoms with Gasteiger partial charge in [-0.1, -0.05) is 0 Å². The maximum Gasteiger partial charge on any atom is 0.419 e. The summed E-state index contributed by atoms with van der Waals surface area (Å²) in [5.74, 6) is -0.560. The lowest BCUT2D eigenvalue weighted by atomic mass is 10.1. The zero-order chi connectivity index (χ0) is 17.0. The van der Waals surface area contributed by atoms with Crippen molar-refractivity contribution in [1.29, 1.82) is 0 Å². The summed E-state index contributed by atoms with van der Waals surface area (Å²) in [5, 5.41) is 4.75. The van der Waals surface area contributed by atoms with Crippen LogP contribution in [-0.2, 0) is 11.0 Å². The highest BCUT2D eigenvalue weighted by molar-refractivity contribution is 5.89. The van der Waals surface area contributed by atoms with Gasteiger partial charge < -0.3 is 10.2 Å². The molecule has 1 aliphatic rings. The lowest BCUT2D eigenvalue weighted by molar-refractivity contribution is -0.137. The highest BCUT2D eigenvalue weighted by Gasteiger charge is 2.34. The van der Waals surface area contributed by atoms with E-state index in [9.17, 15) is 22.8 Å². The summed E-state index contributed by atoms with van der Waals surface area (Å²) in [7, 11) is 0. The number of piperidine rings is 1. The molecule has 2 heterocycles. The van der Waals surface area contributed by atoms with E-state index in [4.69, 9.17) is 0 Å². The van der Waals surface area contributed by atoms with Crippen LogP contribution in [-0.4, -0.2) is 41.0 Å². The largest absolute Gasteiger partial charge is 0.419 e. The first-order chi connectivity index (χ1) is 10.8. The molecule has 2 N–H and O–H groups in total. The Bertz CT molecular complexity index is 584. The minimum absolute atomic E-state index is 0.0313. The number of carbonyl (C=O) groups excluding carboxylic acids is 2. The van der Waals surface area contributed by atoms with E-state index >= 15 is 0 Å². The number of urea groups is 1. The molecule has 0 bridgehead atoms. The maximum atomic E-state index is 12.8. The molecule has 0 aliphatic carbocycles. The van der Waals surface area contributed by atoms with Crippen LogP contribution in [0.3, 0.4) is 0 Å². The summed E-state index contributed by atoms with van der Waals surface area (Å²) in [4.78, 5) is 28.3. The quantitative estimate of drug-likeness (QED) is 0.873. The number of nitrogens with zero attached hydrogens (tertiary/aromatic N) is 2. The Morgan fingerprint density at radius 1 is 1.30 bits per heavy atom. The van der Waals surface area contributed by atoms with Gasteiger partial charge in [-0.3, -0.25) is 10.1 Å². The van der Waals surface area contributed by atoms with E-state index in [0.717, 1.165) is 12.1 Å². The van der Waals surface area contributed by atoms with Crippen molar-refractivity contribution in [2.45, 2.75) is 32.0 Å². The molecular weight excluding hydrogens is 313 g/mol. The van der Waals surface area contributed by atoms with Crippen LogP contribution in [0.5, 0.6) is 0 Å². The van der Waals surface area contributed by atoms with Gasteiger partial charge in [-0.25, -0.2) is 9.78 Å². The third kappa shape index (κ3) is 4.57. The fourth-order valence-corrected chi connectivity index (χ4v) is 2.40. The fourth-order valence-electron chi connectivity index (χ4n) is 2.40. The SMILES string of the molecule is CC(=O)N1CCC(NC(=O)Nc2ncccc2C(F)(F)F)CC1. The smallest absolute Gasteiger partial charge is 0.343 e. The van der Waals surface area contributed by atoms with E-state index in [1.807, 2.05) is 0 Å². The number of likely N-dealkylation sites (tertiary alicyclic amines) is 1. The standard InChI is InChI=1S/C14H17F3N4O2/c1-9(22)21-7-4-10(5-8-21)19-13(23)20-12-11(14(15,16)17)3-2-6-18-12/h2-3,6,10H,4-5,7-8H2,1H3,(H2,18,19,20,23). The Labute approximate surface area is 131 Å². The van der Waals surface area contributed by atoms with Crippen LogP contribution in [0, 0.1) is 0 Å². The molecule has 0 unspecified atom stereocenters. The first-order valence-corrected chi connectivity index (χ1v) is 7.12. The molecule has 1 saturated heterocycles. The third-order valence-corrected chi connectivity index (χ3v) is 3.62. The normalized spacial score (nSPS) is 16.1. The van der Waals surface area contributed by atoms with Crippen molar-refractivity contribution < 1.29 is 22.8 Å². The minimum Gasteiger partial charge on any atom is -0.343 e. The second-order valence-corrected chi connectivity index (χ2v) is 5.28. The summed E-state index contributed by atoms with van der Waals surface area (Å²) in [6, 6.07) is 1.08. The monoisotopic (exact) mass is 330 g/mol. The molecule has 1 aliphatic heterocycles. The maximum absolute atomic E-state index is 12.8. The molecule has 0 saturated carbocycles. The van der Waals surface area contributed by atoms with Crippen molar-refractivity contribution in [3.05, 3.63) is 23.9 Å². The zero-order valence-corrected chi connectivity index (χ0v) is 12.5. The molecule has 0 aromatic carbocycles. The van der Waals surface area contributed by atoms with Crippen LogP contribution in [0.25, 0.3) is 0 Å². The Hall–Kier alpha value is -2.32. The summed E-state index contributed by atoms with van der Waals surface area (Å²) in [5.41, 5.74) is -0.999. The van der Waals surface area contributed by atoms with Crippen molar-refractivity contribution in [2.24, 2.45) is 0 Å². The molecule has 126 valence electrons. The number of halogens is 3. The predicted octanol–water partition coefficient (Wildman–Crippen LogP) is 2.23. The first kappa shape index (κ1) is 17.0. The number of hydrogen-bond acceptors (Lipinski definition) is 3. The summed E-state index contributed by atoms with van der Waals surface area (Å²) in [6.07, 6.45) is -2.30. The number of amides is 3. The van der Waals surface area contributed by atoms with Crippen LogP contribution >= 0.6 is 0 Å². The number of anilines is 1. The minimum atomic E-state index is -4.59. The fraction of sp³-hybridized carbons (Fsp3) is 0.500. The van der Waals surface area contributed by atoms with Crippen LogP contribution in [0.2, 0.25) is 0 Å². The molecule has 3 amide bonds. The average molecular weight is 330 g/mol. The number of alkyl halides is 3. The molecule has 9 heteroatoms. The van der Waals surface area contributed by atoms with Gasteiger partial charge in [-0.05, 0) is 25.0 Å². The lowest BCUT2D eigenvalue weighted by Crippen LogP contribution is -2.47. The van der Waals surface area contributed by atoms with Crippen LogP contribution in [0.15, 0.2) is 18.3 Å². The molecule has 23 heavy (non-hydrogen) atoms. The Morgan fingerprint density at radius 3 is 2.52 bits per heavy atom. The van der Waals surface area contributed by atoms with Gasteiger partial charge in [0, 0.05) is 32.3 Å². The highest BCUT2D eigenvalue weighted by atomic mass is 19.4. The van der Waals surface area contributed by atoms with Crippen molar-refractivity contribution >= 4 is 17.8 Å². The van der Waals surface area contributed by atoms with Gasteiger partial charge >= 0.3 is 12.2 Å². The van der Waals surface area contributed by atoms with Gasteiger partial charge in [0.2, 0.25) is 5.91 Å². The van der Waals surface area contributed by atoms with Crippen molar-refractivity contribution in [2.75, 3.05) is 18.4 Å². The lowest BCUT2D eigenvalue weighted by Gasteiger charge is -2.31. The number of rotatable bonds is 2. The van der Waals surface area contributed by atoms with Gasteiger partial charge in [0.25, 0.3) is 0 Å².